The summed E-state index contributed by atoms with van der Waals surface area (Å²) in [5, 5.41) is 6.68. The van der Waals surface area contributed by atoms with Crippen molar-refractivity contribution >= 4 is 11.3 Å². The Bertz CT molecular complexity index is 356. The SMILES string of the molecule is CCNCc1nc(CN2CCCOC(C)C2)cs1. The highest BCUT2D eigenvalue weighted by Crippen LogP contribution is 2.14. The first kappa shape index (κ1) is 13.9. The zero-order valence-electron chi connectivity index (χ0n) is 11.3. The number of nitrogens with one attached hydrogen (secondary N) is 1. The van der Waals surface area contributed by atoms with Crippen molar-refractivity contribution < 1.29 is 4.74 Å². The molecule has 1 unspecified atom stereocenters. The monoisotopic (exact) mass is 269 g/mol. The first-order chi connectivity index (χ1) is 8.78. The lowest BCUT2D eigenvalue weighted by Crippen LogP contribution is -2.29. The molecular weight excluding hydrogens is 246 g/mol. The van der Waals surface area contributed by atoms with E-state index < -0.39 is 0 Å². The van der Waals surface area contributed by atoms with E-state index in [9.17, 15) is 0 Å². The van der Waals surface area contributed by atoms with Crippen molar-refractivity contribution in [1.82, 2.24) is 15.2 Å². The van der Waals surface area contributed by atoms with E-state index >= 15 is 0 Å². The van der Waals surface area contributed by atoms with Gasteiger partial charge in [-0.3, -0.25) is 4.90 Å². The first-order valence-electron chi connectivity index (χ1n) is 6.76. The molecule has 0 amide bonds. The highest BCUT2D eigenvalue weighted by atomic mass is 32.1. The average molecular weight is 269 g/mol. The summed E-state index contributed by atoms with van der Waals surface area (Å²) in [6.07, 6.45) is 1.46. The van der Waals surface area contributed by atoms with Gasteiger partial charge in [-0.05, 0) is 19.9 Å². The molecule has 0 spiro atoms. The number of aromatic nitrogens is 1. The number of thiazole rings is 1. The molecule has 1 saturated heterocycles. The summed E-state index contributed by atoms with van der Waals surface area (Å²) in [5.74, 6) is 0. The minimum atomic E-state index is 0.340. The predicted octanol–water partition coefficient (Wildman–Crippen LogP) is 1.86. The molecule has 1 atom stereocenters. The smallest absolute Gasteiger partial charge is 0.107 e. The Morgan fingerprint density at radius 1 is 1.61 bits per heavy atom. The van der Waals surface area contributed by atoms with E-state index in [1.54, 1.807) is 11.3 Å². The van der Waals surface area contributed by atoms with Gasteiger partial charge in [-0.25, -0.2) is 4.98 Å². The van der Waals surface area contributed by atoms with Crippen LogP contribution in [0.15, 0.2) is 5.38 Å². The standard InChI is InChI=1S/C13H23N3OS/c1-3-14-7-13-15-12(10-18-13)9-16-5-4-6-17-11(2)8-16/h10-11,14H,3-9H2,1-2H3. The maximum atomic E-state index is 5.66. The normalized spacial score (nSPS) is 22.0. The van der Waals surface area contributed by atoms with Gasteiger partial charge in [0.15, 0.2) is 0 Å². The van der Waals surface area contributed by atoms with Crippen molar-refractivity contribution in [2.45, 2.75) is 39.5 Å². The summed E-state index contributed by atoms with van der Waals surface area (Å²) in [4.78, 5) is 7.12. The van der Waals surface area contributed by atoms with Gasteiger partial charge in [0.05, 0.1) is 11.8 Å². The Morgan fingerprint density at radius 3 is 3.33 bits per heavy atom. The van der Waals surface area contributed by atoms with Gasteiger partial charge in [-0.15, -0.1) is 11.3 Å². The van der Waals surface area contributed by atoms with Crippen molar-refractivity contribution in [3.8, 4) is 0 Å². The van der Waals surface area contributed by atoms with Crippen LogP contribution in [0.2, 0.25) is 0 Å². The minimum absolute atomic E-state index is 0.340. The summed E-state index contributed by atoms with van der Waals surface area (Å²) < 4.78 is 5.66. The first-order valence-corrected chi connectivity index (χ1v) is 7.64. The highest BCUT2D eigenvalue weighted by Gasteiger charge is 2.16. The van der Waals surface area contributed by atoms with Gasteiger partial charge >= 0.3 is 0 Å². The molecule has 0 aliphatic carbocycles. The Labute approximate surface area is 113 Å². The van der Waals surface area contributed by atoms with E-state index in [-0.39, 0.29) is 0 Å². The van der Waals surface area contributed by atoms with Gasteiger partial charge in [0.25, 0.3) is 0 Å². The summed E-state index contributed by atoms with van der Waals surface area (Å²) >= 11 is 1.75. The second-order valence-electron chi connectivity index (χ2n) is 4.78. The average Bonchev–Trinajstić information content (AvgIpc) is 2.69. The van der Waals surface area contributed by atoms with Crippen LogP contribution >= 0.6 is 11.3 Å². The van der Waals surface area contributed by atoms with Gasteiger partial charge in [0, 0.05) is 38.2 Å². The van der Waals surface area contributed by atoms with Crippen LogP contribution in [0.5, 0.6) is 0 Å². The summed E-state index contributed by atoms with van der Waals surface area (Å²) in [6.45, 7) is 10.1. The van der Waals surface area contributed by atoms with Gasteiger partial charge in [-0.1, -0.05) is 6.92 Å². The Kier molecular flexibility index (Phi) is 5.56. The lowest BCUT2D eigenvalue weighted by atomic mass is 10.3. The largest absolute Gasteiger partial charge is 0.377 e. The number of ether oxygens (including phenoxy) is 1. The Hall–Kier alpha value is -0.490. The van der Waals surface area contributed by atoms with Crippen LogP contribution in [-0.4, -0.2) is 42.2 Å². The molecule has 0 bridgehead atoms. The number of hydrogen-bond acceptors (Lipinski definition) is 5. The molecule has 0 saturated carbocycles. The van der Waals surface area contributed by atoms with E-state index in [1.165, 1.54) is 10.7 Å². The third-order valence-corrected chi connectivity index (χ3v) is 3.95. The molecule has 4 nitrogen and oxygen atoms in total. The second-order valence-corrected chi connectivity index (χ2v) is 5.73. The number of rotatable bonds is 5. The van der Waals surface area contributed by atoms with Crippen LogP contribution in [-0.2, 0) is 17.8 Å². The van der Waals surface area contributed by atoms with Crippen LogP contribution in [0.4, 0.5) is 0 Å². The van der Waals surface area contributed by atoms with Crippen molar-refractivity contribution in [2.24, 2.45) is 0 Å². The molecule has 18 heavy (non-hydrogen) atoms. The maximum absolute atomic E-state index is 5.66. The third-order valence-electron chi connectivity index (χ3n) is 3.05. The summed E-state index contributed by atoms with van der Waals surface area (Å²) in [6, 6.07) is 0. The van der Waals surface area contributed by atoms with Gasteiger partial charge in [0.1, 0.15) is 5.01 Å². The third kappa shape index (κ3) is 4.31. The van der Waals surface area contributed by atoms with E-state index in [2.05, 4.69) is 34.4 Å². The van der Waals surface area contributed by atoms with E-state index in [0.29, 0.717) is 6.10 Å². The van der Waals surface area contributed by atoms with Crippen LogP contribution in [0, 0.1) is 0 Å². The van der Waals surface area contributed by atoms with Crippen LogP contribution in [0.1, 0.15) is 31.0 Å². The quantitative estimate of drug-likeness (QED) is 0.885. The lowest BCUT2D eigenvalue weighted by Gasteiger charge is -2.20. The lowest BCUT2D eigenvalue weighted by molar-refractivity contribution is 0.0666. The van der Waals surface area contributed by atoms with Crippen molar-refractivity contribution in [3.63, 3.8) is 0 Å². The molecule has 1 N–H and O–H groups in total. The van der Waals surface area contributed by atoms with Crippen molar-refractivity contribution in [2.75, 3.05) is 26.2 Å². The van der Waals surface area contributed by atoms with Crippen LogP contribution < -0.4 is 5.32 Å². The molecule has 1 aromatic heterocycles. The fraction of sp³-hybridized carbons (Fsp3) is 0.769. The minimum Gasteiger partial charge on any atom is -0.377 e. The highest BCUT2D eigenvalue weighted by molar-refractivity contribution is 7.09. The van der Waals surface area contributed by atoms with E-state index in [0.717, 1.165) is 45.8 Å². The van der Waals surface area contributed by atoms with Crippen molar-refractivity contribution in [1.29, 1.82) is 0 Å². The van der Waals surface area contributed by atoms with E-state index in [4.69, 9.17) is 4.74 Å². The molecule has 0 aromatic carbocycles. The Balaban J connectivity index is 1.85. The van der Waals surface area contributed by atoms with Crippen LogP contribution in [0.3, 0.4) is 0 Å². The Morgan fingerprint density at radius 2 is 2.50 bits per heavy atom. The number of nitrogens with zero attached hydrogens (tertiary/aromatic N) is 2. The topological polar surface area (TPSA) is 37.4 Å². The van der Waals surface area contributed by atoms with Gasteiger partial charge in [0.2, 0.25) is 0 Å². The molecule has 5 heteroatoms. The fourth-order valence-corrected chi connectivity index (χ4v) is 2.94. The molecule has 102 valence electrons. The molecular formula is C13H23N3OS. The summed E-state index contributed by atoms with van der Waals surface area (Å²) in [7, 11) is 0. The molecule has 1 aromatic rings. The molecule has 2 rings (SSSR count). The van der Waals surface area contributed by atoms with Crippen molar-refractivity contribution in [3.05, 3.63) is 16.1 Å². The predicted molar refractivity (Wildman–Crippen MR) is 74.8 cm³/mol. The molecule has 1 aliphatic heterocycles. The van der Waals surface area contributed by atoms with Crippen LogP contribution in [0.25, 0.3) is 0 Å². The fourth-order valence-electron chi connectivity index (χ4n) is 2.19. The van der Waals surface area contributed by atoms with Gasteiger partial charge in [-0.2, -0.15) is 0 Å². The van der Waals surface area contributed by atoms with Gasteiger partial charge < -0.3 is 10.1 Å². The molecule has 0 radical (unpaired) electrons. The zero-order valence-corrected chi connectivity index (χ0v) is 12.1. The maximum Gasteiger partial charge on any atom is 0.107 e. The molecule has 1 aliphatic rings. The molecule has 2 heterocycles. The summed E-state index contributed by atoms with van der Waals surface area (Å²) in [5.41, 5.74) is 1.20. The second kappa shape index (κ2) is 7.19. The molecule has 1 fully saturated rings. The van der Waals surface area contributed by atoms with E-state index in [1.807, 2.05) is 0 Å². The zero-order chi connectivity index (χ0) is 12.8. The number of hydrogen-bond donors (Lipinski definition) is 1.